The highest BCUT2D eigenvalue weighted by Gasteiger charge is 2.11. The molecule has 0 spiro atoms. The van der Waals surface area contributed by atoms with Crippen molar-refractivity contribution in [2.75, 3.05) is 12.4 Å². The van der Waals surface area contributed by atoms with Crippen LogP contribution in [0.3, 0.4) is 0 Å². The van der Waals surface area contributed by atoms with Gasteiger partial charge in [0.1, 0.15) is 18.7 Å². The SMILES string of the molecule is CCc1nnc(Cn2ncc3c(NC)ncnc32)o1. The highest BCUT2D eigenvalue weighted by Crippen LogP contribution is 2.18. The molecular weight excluding hydrogens is 246 g/mol. The third-order valence-electron chi connectivity index (χ3n) is 2.77. The first-order chi connectivity index (χ1) is 9.31. The molecule has 0 aliphatic heterocycles. The zero-order valence-electron chi connectivity index (χ0n) is 10.7. The minimum absolute atomic E-state index is 0.399. The lowest BCUT2D eigenvalue weighted by Gasteiger charge is -2.01. The first kappa shape index (κ1) is 11.6. The van der Waals surface area contributed by atoms with Crippen LogP contribution in [0.2, 0.25) is 0 Å². The average Bonchev–Trinajstić information content (AvgIpc) is 3.06. The van der Waals surface area contributed by atoms with Crippen molar-refractivity contribution in [2.45, 2.75) is 19.9 Å². The maximum atomic E-state index is 5.47. The van der Waals surface area contributed by atoms with Crippen molar-refractivity contribution in [3.8, 4) is 0 Å². The van der Waals surface area contributed by atoms with Crippen LogP contribution < -0.4 is 5.32 Å². The van der Waals surface area contributed by atoms with E-state index in [4.69, 9.17) is 4.42 Å². The van der Waals surface area contributed by atoms with Crippen molar-refractivity contribution in [1.82, 2.24) is 29.9 Å². The fraction of sp³-hybridized carbons (Fsp3) is 0.364. The summed E-state index contributed by atoms with van der Waals surface area (Å²) in [7, 11) is 1.81. The third kappa shape index (κ3) is 2.01. The predicted octanol–water partition coefficient (Wildman–Crippen LogP) is 0.862. The second-order valence-corrected chi connectivity index (χ2v) is 3.95. The quantitative estimate of drug-likeness (QED) is 0.742. The standard InChI is InChI=1S/C11H13N7O/c1-3-8-16-17-9(19-8)5-18-11-7(4-15-18)10(12-2)13-6-14-11/h4,6H,3,5H2,1-2H3,(H,12,13,14). The van der Waals surface area contributed by atoms with Crippen LogP contribution in [0.5, 0.6) is 0 Å². The van der Waals surface area contributed by atoms with Gasteiger partial charge in [-0.05, 0) is 0 Å². The Morgan fingerprint density at radius 3 is 2.84 bits per heavy atom. The fourth-order valence-corrected chi connectivity index (χ4v) is 1.83. The largest absolute Gasteiger partial charge is 0.423 e. The summed E-state index contributed by atoms with van der Waals surface area (Å²) < 4.78 is 7.18. The van der Waals surface area contributed by atoms with Crippen LogP contribution in [0.25, 0.3) is 11.0 Å². The summed E-state index contributed by atoms with van der Waals surface area (Å²) in [5.74, 6) is 1.89. The monoisotopic (exact) mass is 259 g/mol. The van der Waals surface area contributed by atoms with Gasteiger partial charge < -0.3 is 9.73 Å². The minimum Gasteiger partial charge on any atom is -0.423 e. The van der Waals surface area contributed by atoms with Crippen LogP contribution in [-0.4, -0.2) is 37.0 Å². The van der Waals surface area contributed by atoms with E-state index in [1.54, 1.807) is 10.9 Å². The molecule has 0 saturated heterocycles. The molecule has 0 amide bonds. The molecule has 0 atom stereocenters. The van der Waals surface area contributed by atoms with Crippen molar-refractivity contribution < 1.29 is 4.42 Å². The molecule has 19 heavy (non-hydrogen) atoms. The van der Waals surface area contributed by atoms with E-state index in [1.165, 1.54) is 6.33 Å². The fourth-order valence-electron chi connectivity index (χ4n) is 1.83. The van der Waals surface area contributed by atoms with Gasteiger partial charge in [0, 0.05) is 13.5 Å². The van der Waals surface area contributed by atoms with Crippen molar-refractivity contribution in [1.29, 1.82) is 0 Å². The predicted molar refractivity (Wildman–Crippen MR) is 67.6 cm³/mol. The Morgan fingerprint density at radius 1 is 1.26 bits per heavy atom. The molecule has 0 aromatic carbocycles. The zero-order chi connectivity index (χ0) is 13.2. The summed E-state index contributed by atoms with van der Waals surface area (Å²) in [6, 6.07) is 0. The molecule has 0 saturated carbocycles. The molecule has 3 heterocycles. The summed E-state index contributed by atoms with van der Waals surface area (Å²) in [6.07, 6.45) is 3.94. The number of aromatic nitrogens is 6. The highest BCUT2D eigenvalue weighted by atomic mass is 16.4. The average molecular weight is 259 g/mol. The Morgan fingerprint density at radius 2 is 2.11 bits per heavy atom. The van der Waals surface area contributed by atoms with Crippen LogP contribution in [0, 0.1) is 0 Å². The normalized spacial score (nSPS) is 11.1. The second-order valence-electron chi connectivity index (χ2n) is 3.95. The molecular formula is C11H13N7O. The van der Waals surface area contributed by atoms with Gasteiger partial charge in [-0.2, -0.15) is 5.10 Å². The molecule has 1 N–H and O–H groups in total. The Hall–Kier alpha value is -2.51. The van der Waals surface area contributed by atoms with E-state index < -0.39 is 0 Å². The van der Waals surface area contributed by atoms with Crippen LogP contribution in [0.15, 0.2) is 16.9 Å². The minimum atomic E-state index is 0.399. The molecule has 0 aliphatic rings. The van der Waals surface area contributed by atoms with Crippen molar-refractivity contribution in [3.05, 3.63) is 24.3 Å². The smallest absolute Gasteiger partial charge is 0.238 e. The maximum Gasteiger partial charge on any atom is 0.238 e. The number of aryl methyl sites for hydroxylation is 1. The molecule has 0 bridgehead atoms. The van der Waals surface area contributed by atoms with Gasteiger partial charge in [-0.25, -0.2) is 14.6 Å². The number of nitrogens with zero attached hydrogens (tertiary/aromatic N) is 6. The maximum absolute atomic E-state index is 5.47. The van der Waals surface area contributed by atoms with Crippen LogP contribution >= 0.6 is 0 Å². The summed E-state index contributed by atoms with van der Waals surface area (Å²) >= 11 is 0. The van der Waals surface area contributed by atoms with Gasteiger partial charge in [0.2, 0.25) is 11.8 Å². The first-order valence-corrected chi connectivity index (χ1v) is 5.97. The van der Waals surface area contributed by atoms with Crippen LogP contribution in [0.4, 0.5) is 5.82 Å². The Balaban J connectivity index is 1.97. The van der Waals surface area contributed by atoms with E-state index in [1.807, 2.05) is 14.0 Å². The lowest BCUT2D eigenvalue weighted by molar-refractivity contribution is 0.436. The second kappa shape index (κ2) is 4.63. The first-order valence-electron chi connectivity index (χ1n) is 5.97. The van der Waals surface area contributed by atoms with Crippen molar-refractivity contribution in [2.24, 2.45) is 0 Å². The summed E-state index contributed by atoms with van der Waals surface area (Å²) in [4.78, 5) is 8.37. The van der Waals surface area contributed by atoms with E-state index >= 15 is 0 Å². The number of rotatable bonds is 4. The number of nitrogens with one attached hydrogen (secondary N) is 1. The lowest BCUT2D eigenvalue weighted by Crippen LogP contribution is -2.03. The molecule has 0 aliphatic carbocycles. The van der Waals surface area contributed by atoms with Gasteiger partial charge in [0.25, 0.3) is 0 Å². The molecule has 3 rings (SSSR count). The molecule has 8 heteroatoms. The van der Waals surface area contributed by atoms with E-state index in [-0.39, 0.29) is 0 Å². The van der Waals surface area contributed by atoms with Crippen molar-refractivity contribution in [3.63, 3.8) is 0 Å². The van der Waals surface area contributed by atoms with E-state index in [0.29, 0.717) is 18.3 Å². The highest BCUT2D eigenvalue weighted by molar-refractivity contribution is 5.85. The van der Waals surface area contributed by atoms with Gasteiger partial charge in [0.15, 0.2) is 5.65 Å². The van der Waals surface area contributed by atoms with Crippen molar-refractivity contribution >= 4 is 16.9 Å². The van der Waals surface area contributed by atoms with Gasteiger partial charge in [-0.15, -0.1) is 10.2 Å². The molecule has 0 radical (unpaired) electrons. The number of fused-ring (bicyclic) bond motifs is 1. The van der Waals surface area contributed by atoms with Gasteiger partial charge >= 0.3 is 0 Å². The molecule has 0 unspecified atom stereocenters. The molecule has 98 valence electrons. The van der Waals surface area contributed by atoms with Crippen LogP contribution in [-0.2, 0) is 13.0 Å². The summed E-state index contributed by atoms with van der Waals surface area (Å²) in [5, 5.41) is 16.0. The lowest BCUT2D eigenvalue weighted by atomic mass is 10.4. The zero-order valence-corrected chi connectivity index (χ0v) is 10.7. The summed E-state index contributed by atoms with van der Waals surface area (Å²) in [5.41, 5.74) is 0.732. The van der Waals surface area contributed by atoms with Gasteiger partial charge in [-0.3, -0.25) is 0 Å². The molecule has 3 aromatic rings. The molecule has 3 aromatic heterocycles. The number of hydrogen-bond donors (Lipinski definition) is 1. The van der Waals surface area contributed by atoms with E-state index in [2.05, 4.69) is 30.6 Å². The Labute approximate surface area is 108 Å². The van der Waals surface area contributed by atoms with Crippen LogP contribution in [0.1, 0.15) is 18.7 Å². The molecule has 0 fully saturated rings. The Bertz CT molecular complexity index is 702. The Kier molecular flexibility index (Phi) is 2.82. The summed E-state index contributed by atoms with van der Waals surface area (Å²) in [6.45, 7) is 2.36. The number of hydrogen-bond acceptors (Lipinski definition) is 7. The van der Waals surface area contributed by atoms with E-state index in [0.717, 1.165) is 23.3 Å². The van der Waals surface area contributed by atoms with Gasteiger partial charge in [0.05, 0.1) is 11.6 Å². The van der Waals surface area contributed by atoms with Gasteiger partial charge in [-0.1, -0.05) is 6.92 Å². The molecule has 8 nitrogen and oxygen atoms in total. The number of anilines is 1. The third-order valence-corrected chi connectivity index (χ3v) is 2.77. The topological polar surface area (TPSA) is 94.6 Å². The van der Waals surface area contributed by atoms with E-state index in [9.17, 15) is 0 Å².